The Bertz CT molecular complexity index is 572. The van der Waals surface area contributed by atoms with Gasteiger partial charge in [-0.1, -0.05) is 18.2 Å². The van der Waals surface area contributed by atoms with E-state index in [2.05, 4.69) is 34.0 Å². The second-order valence-electron chi connectivity index (χ2n) is 4.75. The molecule has 19 heavy (non-hydrogen) atoms. The summed E-state index contributed by atoms with van der Waals surface area (Å²) < 4.78 is 15.4. The first-order chi connectivity index (χ1) is 9.02. The van der Waals surface area contributed by atoms with Gasteiger partial charge in [0, 0.05) is 9.13 Å². The van der Waals surface area contributed by atoms with Crippen molar-refractivity contribution in [3.63, 3.8) is 0 Å². The molecule has 0 spiro atoms. The fourth-order valence-corrected chi connectivity index (χ4v) is 3.02. The highest BCUT2D eigenvalue weighted by Gasteiger charge is 2.19. The van der Waals surface area contributed by atoms with Gasteiger partial charge in [-0.05, 0) is 78.4 Å². The van der Waals surface area contributed by atoms with E-state index in [4.69, 9.17) is 0 Å². The van der Waals surface area contributed by atoms with Crippen molar-refractivity contribution in [1.29, 1.82) is 0 Å². The molecule has 0 aliphatic heterocycles. The molecule has 0 aliphatic carbocycles. The monoisotopic (exact) mass is 369 g/mol. The third-order valence-corrected chi connectivity index (χ3v) is 3.91. The lowest BCUT2D eigenvalue weighted by Crippen LogP contribution is -2.20. The number of hydrogen-bond acceptors (Lipinski definition) is 1. The van der Waals surface area contributed by atoms with Crippen LogP contribution in [0.2, 0.25) is 0 Å². The van der Waals surface area contributed by atoms with E-state index in [1.54, 1.807) is 6.07 Å². The van der Waals surface area contributed by atoms with Gasteiger partial charge in [-0.15, -0.1) is 0 Å². The Morgan fingerprint density at radius 2 is 1.89 bits per heavy atom. The lowest BCUT2D eigenvalue weighted by molar-refractivity contribution is 0.572. The average molecular weight is 369 g/mol. The third-order valence-electron chi connectivity index (χ3n) is 3.24. The Morgan fingerprint density at radius 1 is 1.16 bits per heavy atom. The van der Waals surface area contributed by atoms with Gasteiger partial charge < -0.3 is 5.32 Å². The molecule has 0 aliphatic rings. The molecule has 0 aromatic heterocycles. The Morgan fingerprint density at radius 3 is 2.47 bits per heavy atom. The van der Waals surface area contributed by atoms with Gasteiger partial charge in [-0.3, -0.25) is 0 Å². The molecule has 1 unspecified atom stereocenters. The van der Waals surface area contributed by atoms with Crippen LogP contribution in [0.1, 0.15) is 28.3 Å². The maximum absolute atomic E-state index is 14.3. The minimum atomic E-state index is -0.143. The highest BCUT2D eigenvalue weighted by atomic mass is 127. The molecule has 1 N–H and O–H groups in total. The van der Waals surface area contributed by atoms with Crippen molar-refractivity contribution in [2.24, 2.45) is 0 Å². The summed E-state index contributed by atoms with van der Waals surface area (Å²) in [6.45, 7) is 3.88. The van der Waals surface area contributed by atoms with Gasteiger partial charge in [0.05, 0.1) is 6.04 Å². The van der Waals surface area contributed by atoms with Crippen molar-refractivity contribution in [3.05, 3.63) is 68.0 Å². The van der Waals surface area contributed by atoms with E-state index < -0.39 is 0 Å². The molecule has 2 rings (SSSR count). The molecular weight excluding hydrogens is 352 g/mol. The van der Waals surface area contributed by atoms with Crippen LogP contribution in [0.3, 0.4) is 0 Å². The summed E-state index contributed by atoms with van der Waals surface area (Å²) in [5.74, 6) is -0.143. The first-order valence-electron chi connectivity index (χ1n) is 6.22. The Hall–Kier alpha value is -0.940. The van der Waals surface area contributed by atoms with Gasteiger partial charge >= 0.3 is 0 Å². The standard InChI is InChI=1S/C16H17FIN/c1-10-7-11(2)15(14(17)8-10)16(19-3)12-5-4-6-13(18)9-12/h4-9,16,19H,1-3H3. The number of benzene rings is 2. The SMILES string of the molecule is CNC(c1cccc(I)c1)c1c(C)cc(C)cc1F. The van der Waals surface area contributed by atoms with Crippen LogP contribution >= 0.6 is 22.6 Å². The molecule has 0 saturated heterocycles. The quantitative estimate of drug-likeness (QED) is 0.793. The maximum Gasteiger partial charge on any atom is 0.128 e. The molecule has 0 heterocycles. The zero-order valence-corrected chi connectivity index (χ0v) is 13.5. The topological polar surface area (TPSA) is 12.0 Å². The largest absolute Gasteiger partial charge is 0.309 e. The van der Waals surface area contributed by atoms with Crippen LogP contribution in [0.4, 0.5) is 4.39 Å². The lowest BCUT2D eigenvalue weighted by Gasteiger charge is -2.21. The molecule has 2 aromatic rings. The summed E-state index contributed by atoms with van der Waals surface area (Å²) in [6, 6.07) is 11.7. The van der Waals surface area contributed by atoms with Crippen LogP contribution in [-0.2, 0) is 0 Å². The Labute approximate surface area is 127 Å². The smallest absolute Gasteiger partial charge is 0.128 e. The highest BCUT2D eigenvalue weighted by molar-refractivity contribution is 14.1. The molecule has 0 saturated carbocycles. The fourth-order valence-electron chi connectivity index (χ4n) is 2.46. The van der Waals surface area contributed by atoms with Crippen LogP contribution in [0.15, 0.2) is 36.4 Å². The minimum absolute atomic E-state index is 0.115. The lowest BCUT2D eigenvalue weighted by atomic mass is 9.93. The van der Waals surface area contributed by atoms with Crippen LogP contribution in [0, 0.1) is 23.2 Å². The van der Waals surface area contributed by atoms with Crippen molar-refractivity contribution in [2.45, 2.75) is 19.9 Å². The van der Waals surface area contributed by atoms with E-state index in [1.807, 2.05) is 45.2 Å². The summed E-state index contributed by atoms with van der Waals surface area (Å²) in [5.41, 5.74) is 3.75. The van der Waals surface area contributed by atoms with E-state index in [1.165, 1.54) is 0 Å². The van der Waals surface area contributed by atoms with E-state index in [0.717, 1.165) is 25.8 Å². The molecule has 3 heteroatoms. The van der Waals surface area contributed by atoms with Crippen molar-refractivity contribution < 1.29 is 4.39 Å². The number of halogens is 2. The van der Waals surface area contributed by atoms with Crippen molar-refractivity contribution in [3.8, 4) is 0 Å². The zero-order chi connectivity index (χ0) is 14.0. The predicted molar refractivity (Wildman–Crippen MR) is 85.9 cm³/mol. The highest BCUT2D eigenvalue weighted by Crippen LogP contribution is 2.28. The molecule has 0 fully saturated rings. The normalized spacial score (nSPS) is 12.5. The minimum Gasteiger partial charge on any atom is -0.309 e. The van der Waals surface area contributed by atoms with Crippen molar-refractivity contribution >= 4 is 22.6 Å². The van der Waals surface area contributed by atoms with Gasteiger partial charge in [0.15, 0.2) is 0 Å². The molecule has 2 aromatic carbocycles. The molecular formula is C16H17FIN. The second kappa shape index (κ2) is 6.01. The predicted octanol–water partition coefficient (Wildman–Crippen LogP) is 4.36. The van der Waals surface area contributed by atoms with Gasteiger partial charge in [-0.25, -0.2) is 4.39 Å². The summed E-state index contributed by atoms with van der Waals surface area (Å²) >= 11 is 2.28. The molecule has 0 amide bonds. The van der Waals surface area contributed by atoms with E-state index in [-0.39, 0.29) is 11.9 Å². The van der Waals surface area contributed by atoms with Gasteiger partial charge in [0.1, 0.15) is 5.82 Å². The first kappa shape index (κ1) is 14.5. The van der Waals surface area contributed by atoms with E-state index in [9.17, 15) is 4.39 Å². The van der Waals surface area contributed by atoms with Gasteiger partial charge in [-0.2, -0.15) is 0 Å². The summed E-state index contributed by atoms with van der Waals surface area (Å²) in [4.78, 5) is 0. The van der Waals surface area contributed by atoms with E-state index >= 15 is 0 Å². The van der Waals surface area contributed by atoms with Gasteiger partial charge in [0.25, 0.3) is 0 Å². The number of aryl methyl sites for hydroxylation is 2. The molecule has 1 nitrogen and oxygen atoms in total. The Kier molecular flexibility index (Phi) is 4.58. The zero-order valence-electron chi connectivity index (χ0n) is 11.3. The molecule has 0 radical (unpaired) electrons. The summed E-state index contributed by atoms with van der Waals surface area (Å²) in [5, 5.41) is 3.22. The average Bonchev–Trinajstić information content (AvgIpc) is 2.33. The van der Waals surface area contributed by atoms with Crippen LogP contribution in [-0.4, -0.2) is 7.05 Å². The van der Waals surface area contributed by atoms with Gasteiger partial charge in [0.2, 0.25) is 0 Å². The number of nitrogens with one attached hydrogen (secondary N) is 1. The molecule has 100 valence electrons. The maximum atomic E-state index is 14.3. The van der Waals surface area contributed by atoms with Crippen LogP contribution in [0.25, 0.3) is 0 Å². The first-order valence-corrected chi connectivity index (χ1v) is 7.30. The van der Waals surface area contributed by atoms with Crippen LogP contribution in [0.5, 0.6) is 0 Å². The molecule has 0 bridgehead atoms. The number of hydrogen-bond donors (Lipinski definition) is 1. The fraction of sp³-hybridized carbons (Fsp3) is 0.250. The van der Waals surface area contributed by atoms with Crippen molar-refractivity contribution in [1.82, 2.24) is 5.32 Å². The van der Waals surface area contributed by atoms with E-state index in [0.29, 0.717) is 0 Å². The summed E-state index contributed by atoms with van der Waals surface area (Å²) in [6.07, 6.45) is 0. The van der Waals surface area contributed by atoms with Crippen LogP contribution < -0.4 is 5.32 Å². The molecule has 1 atom stereocenters. The third kappa shape index (κ3) is 3.15. The number of rotatable bonds is 3. The van der Waals surface area contributed by atoms with Crippen molar-refractivity contribution in [2.75, 3.05) is 7.05 Å². The Balaban J connectivity index is 2.54. The summed E-state index contributed by atoms with van der Waals surface area (Å²) in [7, 11) is 1.86. The second-order valence-corrected chi connectivity index (χ2v) is 6.00.